The molecule has 2 aromatic rings. The van der Waals surface area contributed by atoms with Crippen molar-refractivity contribution < 1.29 is 0 Å². The topological polar surface area (TPSA) is 0 Å². The number of aryl methyl sites for hydroxylation is 2. The fourth-order valence-electron chi connectivity index (χ4n) is 2.17. The number of hydrogen-bond donors (Lipinski definition) is 0. The van der Waals surface area contributed by atoms with Crippen LogP contribution < -0.4 is 0 Å². The van der Waals surface area contributed by atoms with Crippen molar-refractivity contribution in [3.05, 3.63) is 45.2 Å². The van der Waals surface area contributed by atoms with Gasteiger partial charge in [-0.2, -0.15) is 0 Å². The Morgan fingerprint density at radius 2 is 1.83 bits per heavy atom. The van der Waals surface area contributed by atoms with E-state index >= 15 is 0 Å². The second-order valence-corrected chi connectivity index (χ2v) is 6.62. The van der Waals surface area contributed by atoms with E-state index in [9.17, 15) is 0 Å². The summed E-state index contributed by atoms with van der Waals surface area (Å²) in [6.07, 6.45) is 4.88. The summed E-state index contributed by atoms with van der Waals surface area (Å²) in [5.74, 6) is 0. The molecule has 0 fully saturated rings. The highest BCUT2D eigenvalue weighted by atomic mass is 79.9. The zero-order valence-corrected chi connectivity index (χ0v) is 13.4. The summed E-state index contributed by atoms with van der Waals surface area (Å²) >= 11 is 5.52. The lowest BCUT2D eigenvalue weighted by molar-refractivity contribution is 0.878. The second-order valence-electron chi connectivity index (χ2n) is 4.57. The first-order valence-corrected chi connectivity index (χ1v) is 8.23. The molecule has 0 amide bonds. The Morgan fingerprint density at radius 1 is 1.06 bits per heavy atom. The maximum absolute atomic E-state index is 3.55. The molecule has 1 heterocycles. The van der Waals surface area contributed by atoms with Crippen molar-refractivity contribution >= 4 is 27.3 Å². The van der Waals surface area contributed by atoms with Crippen LogP contribution in [-0.2, 0) is 12.8 Å². The molecule has 2 heteroatoms. The second kappa shape index (κ2) is 6.53. The fourth-order valence-corrected chi connectivity index (χ4v) is 3.88. The third-order valence-corrected chi connectivity index (χ3v) is 4.78. The number of halogens is 1. The molecule has 0 radical (unpaired) electrons. The smallest absolute Gasteiger partial charge is 0.0348 e. The molecule has 0 nitrogen and oxygen atoms in total. The zero-order chi connectivity index (χ0) is 13.0. The minimum absolute atomic E-state index is 1.16. The minimum Gasteiger partial charge on any atom is -0.140 e. The predicted octanol–water partition coefficient (Wildman–Crippen LogP) is 6.08. The van der Waals surface area contributed by atoms with Crippen molar-refractivity contribution in [2.45, 2.75) is 39.5 Å². The molecule has 18 heavy (non-hydrogen) atoms. The quantitative estimate of drug-likeness (QED) is 0.625. The Hall–Kier alpha value is -0.600. The van der Waals surface area contributed by atoms with E-state index in [1.165, 1.54) is 36.1 Å². The van der Waals surface area contributed by atoms with Gasteiger partial charge in [0, 0.05) is 14.2 Å². The van der Waals surface area contributed by atoms with Crippen molar-refractivity contribution in [3.8, 4) is 10.4 Å². The lowest BCUT2D eigenvalue weighted by Crippen LogP contribution is -1.86. The summed E-state index contributed by atoms with van der Waals surface area (Å²) < 4.78 is 1.16. The molecule has 0 aliphatic carbocycles. The van der Waals surface area contributed by atoms with E-state index < -0.39 is 0 Å². The van der Waals surface area contributed by atoms with Gasteiger partial charge in [-0.25, -0.2) is 0 Å². The summed E-state index contributed by atoms with van der Waals surface area (Å²) in [4.78, 5) is 2.98. The summed E-state index contributed by atoms with van der Waals surface area (Å²) in [5.41, 5.74) is 2.88. The van der Waals surface area contributed by atoms with E-state index in [-0.39, 0.29) is 0 Å². The Labute approximate surface area is 122 Å². The van der Waals surface area contributed by atoms with Gasteiger partial charge in [-0.05, 0) is 42.2 Å². The number of hydrogen-bond acceptors (Lipinski definition) is 1. The molecule has 1 aromatic carbocycles. The van der Waals surface area contributed by atoms with Crippen LogP contribution in [0.2, 0.25) is 0 Å². The van der Waals surface area contributed by atoms with Crippen LogP contribution in [0.15, 0.2) is 34.8 Å². The van der Waals surface area contributed by atoms with Crippen molar-refractivity contribution in [3.63, 3.8) is 0 Å². The highest BCUT2D eigenvalue weighted by Crippen LogP contribution is 2.34. The third-order valence-electron chi connectivity index (χ3n) is 3.00. The van der Waals surface area contributed by atoms with E-state index in [0.29, 0.717) is 0 Å². The van der Waals surface area contributed by atoms with Gasteiger partial charge in [0.25, 0.3) is 0 Å². The van der Waals surface area contributed by atoms with Gasteiger partial charge in [0.2, 0.25) is 0 Å². The van der Waals surface area contributed by atoms with Gasteiger partial charge in [-0.3, -0.25) is 0 Å². The van der Waals surface area contributed by atoms with Gasteiger partial charge < -0.3 is 0 Å². The third kappa shape index (κ3) is 3.24. The maximum Gasteiger partial charge on any atom is 0.0348 e. The Balaban J connectivity index is 2.36. The maximum atomic E-state index is 3.55. The summed E-state index contributed by atoms with van der Waals surface area (Å²) in [7, 11) is 0. The SMILES string of the molecule is CCCc1cc(-c2cccc(Br)c2)sc1CCC. The summed E-state index contributed by atoms with van der Waals surface area (Å²) in [6, 6.07) is 11.0. The number of benzene rings is 1. The van der Waals surface area contributed by atoms with Gasteiger partial charge >= 0.3 is 0 Å². The van der Waals surface area contributed by atoms with Crippen molar-refractivity contribution in [2.24, 2.45) is 0 Å². The lowest BCUT2D eigenvalue weighted by Gasteiger charge is -1.98. The van der Waals surface area contributed by atoms with Crippen LogP contribution >= 0.6 is 27.3 Å². The highest BCUT2D eigenvalue weighted by Gasteiger charge is 2.09. The molecule has 0 atom stereocenters. The normalized spacial score (nSPS) is 10.8. The monoisotopic (exact) mass is 322 g/mol. The molecule has 0 unspecified atom stereocenters. The molecule has 0 spiro atoms. The van der Waals surface area contributed by atoms with Gasteiger partial charge in [-0.15, -0.1) is 11.3 Å². The first-order valence-electron chi connectivity index (χ1n) is 6.62. The predicted molar refractivity (Wildman–Crippen MR) is 85.4 cm³/mol. The number of rotatable bonds is 5. The molecule has 0 bridgehead atoms. The molecule has 0 aliphatic heterocycles. The lowest BCUT2D eigenvalue weighted by atomic mass is 10.1. The fraction of sp³-hybridized carbons (Fsp3) is 0.375. The summed E-state index contributed by atoms with van der Waals surface area (Å²) in [5, 5.41) is 0. The molecule has 1 aromatic heterocycles. The first-order chi connectivity index (χ1) is 8.74. The molecule has 0 saturated carbocycles. The van der Waals surface area contributed by atoms with Crippen LogP contribution in [0.25, 0.3) is 10.4 Å². The van der Waals surface area contributed by atoms with Gasteiger partial charge in [0.15, 0.2) is 0 Å². The standard InChI is InChI=1S/C16H19BrS/c1-3-6-12-11-16(18-15(12)7-4-2)13-8-5-9-14(17)10-13/h5,8-11H,3-4,6-7H2,1-2H3. The molecular weight excluding hydrogens is 304 g/mol. The van der Waals surface area contributed by atoms with E-state index in [1.807, 2.05) is 11.3 Å². The molecule has 96 valence electrons. The van der Waals surface area contributed by atoms with Crippen molar-refractivity contribution in [2.75, 3.05) is 0 Å². The Kier molecular flexibility index (Phi) is 5.02. The van der Waals surface area contributed by atoms with E-state index in [4.69, 9.17) is 0 Å². The average molecular weight is 323 g/mol. The molecule has 0 N–H and O–H groups in total. The van der Waals surface area contributed by atoms with Crippen molar-refractivity contribution in [1.29, 1.82) is 0 Å². The van der Waals surface area contributed by atoms with Crippen LogP contribution in [0.1, 0.15) is 37.1 Å². The van der Waals surface area contributed by atoms with Crippen molar-refractivity contribution in [1.82, 2.24) is 0 Å². The average Bonchev–Trinajstić information content (AvgIpc) is 2.74. The minimum atomic E-state index is 1.16. The molecular formula is C16H19BrS. The molecule has 2 rings (SSSR count). The highest BCUT2D eigenvalue weighted by molar-refractivity contribution is 9.10. The molecule has 0 saturated heterocycles. The van der Waals surface area contributed by atoms with Gasteiger partial charge in [0.05, 0.1) is 0 Å². The van der Waals surface area contributed by atoms with E-state index in [0.717, 1.165) is 4.47 Å². The Morgan fingerprint density at radius 3 is 2.50 bits per heavy atom. The first kappa shape index (κ1) is 13.8. The van der Waals surface area contributed by atoms with E-state index in [2.05, 4.69) is 60.1 Å². The van der Waals surface area contributed by atoms with Gasteiger partial charge in [0.1, 0.15) is 0 Å². The Bertz CT molecular complexity index is 490. The van der Waals surface area contributed by atoms with Crippen LogP contribution in [0.3, 0.4) is 0 Å². The zero-order valence-electron chi connectivity index (χ0n) is 11.0. The van der Waals surface area contributed by atoms with Crippen LogP contribution in [0.5, 0.6) is 0 Å². The van der Waals surface area contributed by atoms with Crippen LogP contribution in [0, 0.1) is 0 Å². The van der Waals surface area contributed by atoms with Crippen LogP contribution in [0.4, 0.5) is 0 Å². The van der Waals surface area contributed by atoms with E-state index in [1.54, 1.807) is 10.4 Å². The van der Waals surface area contributed by atoms with Gasteiger partial charge in [-0.1, -0.05) is 54.8 Å². The summed E-state index contributed by atoms with van der Waals surface area (Å²) in [6.45, 7) is 4.51. The van der Waals surface area contributed by atoms with Crippen LogP contribution in [-0.4, -0.2) is 0 Å². The number of thiophene rings is 1. The molecule has 0 aliphatic rings. The largest absolute Gasteiger partial charge is 0.140 e.